The number of nitrogens with one attached hydrogen (secondary N) is 2. The normalized spacial score (nSPS) is 12.7. The number of amides is 4. The summed E-state index contributed by atoms with van der Waals surface area (Å²) in [5.74, 6) is 0.0955. The Hall–Kier alpha value is -2.87. The number of imide groups is 1. The highest BCUT2D eigenvalue weighted by Gasteiger charge is 2.34. The number of anilines is 1. The Labute approximate surface area is 164 Å². The van der Waals surface area contributed by atoms with E-state index in [4.69, 9.17) is 4.74 Å². The fraction of sp³-hybridized carbons (Fsp3) is 0.211. The molecule has 140 valence electrons. The molecule has 0 radical (unpaired) electrons. The van der Waals surface area contributed by atoms with Crippen molar-refractivity contribution in [3.05, 3.63) is 58.1 Å². The van der Waals surface area contributed by atoms with Gasteiger partial charge in [0.2, 0.25) is 0 Å². The number of halogens is 1. The molecular formula is C19H18BrN3O4. The first-order chi connectivity index (χ1) is 13.0. The number of rotatable bonds is 6. The van der Waals surface area contributed by atoms with Gasteiger partial charge in [0, 0.05) is 23.2 Å². The van der Waals surface area contributed by atoms with Crippen molar-refractivity contribution in [1.29, 1.82) is 0 Å². The highest BCUT2D eigenvalue weighted by Crippen LogP contribution is 2.26. The van der Waals surface area contributed by atoms with Gasteiger partial charge in [-0.05, 0) is 48.9 Å². The monoisotopic (exact) mass is 431 g/mol. The lowest BCUT2D eigenvalue weighted by molar-refractivity contribution is 0.0653. The summed E-state index contributed by atoms with van der Waals surface area (Å²) < 4.78 is 5.81. The minimum absolute atomic E-state index is 0.243. The summed E-state index contributed by atoms with van der Waals surface area (Å²) in [4.78, 5) is 37.8. The summed E-state index contributed by atoms with van der Waals surface area (Å²) in [6.07, 6.45) is 0.461. The number of hydrogen-bond donors (Lipinski definition) is 2. The Morgan fingerprint density at radius 3 is 2.48 bits per heavy atom. The van der Waals surface area contributed by atoms with Crippen molar-refractivity contribution < 1.29 is 19.1 Å². The van der Waals surface area contributed by atoms with E-state index in [0.717, 1.165) is 4.47 Å². The molecule has 2 N–H and O–H groups in total. The van der Waals surface area contributed by atoms with Crippen molar-refractivity contribution >= 4 is 39.5 Å². The third-order valence-corrected chi connectivity index (χ3v) is 4.62. The second-order valence-corrected chi connectivity index (χ2v) is 6.83. The van der Waals surface area contributed by atoms with E-state index in [1.165, 1.54) is 4.90 Å². The van der Waals surface area contributed by atoms with Gasteiger partial charge in [-0.2, -0.15) is 0 Å². The molecule has 1 aliphatic heterocycles. The third-order valence-electron chi connectivity index (χ3n) is 4.12. The molecule has 0 spiro atoms. The maximum atomic E-state index is 12.4. The van der Waals surface area contributed by atoms with Gasteiger partial charge in [0.15, 0.2) is 0 Å². The molecule has 0 saturated heterocycles. The highest BCUT2D eigenvalue weighted by atomic mass is 79.9. The van der Waals surface area contributed by atoms with Gasteiger partial charge in [-0.25, -0.2) is 4.79 Å². The number of urea groups is 1. The van der Waals surface area contributed by atoms with Crippen molar-refractivity contribution in [2.24, 2.45) is 0 Å². The first-order valence-electron chi connectivity index (χ1n) is 8.34. The van der Waals surface area contributed by atoms with E-state index < -0.39 is 0 Å². The molecule has 1 aliphatic rings. The zero-order valence-electron chi connectivity index (χ0n) is 14.6. The Kier molecular flexibility index (Phi) is 5.75. The number of carbonyl (C=O) groups is 3. The van der Waals surface area contributed by atoms with E-state index in [1.54, 1.807) is 49.6 Å². The molecule has 27 heavy (non-hydrogen) atoms. The largest absolute Gasteiger partial charge is 0.497 e. The molecule has 0 aromatic heterocycles. The molecule has 0 aliphatic carbocycles. The smallest absolute Gasteiger partial charge is 0.319 e. The standard InChI is InChI=1S/C19H18BrN3O4/c1-27-14-6-4-13(5-7-14)22-19(26)21-9-2-10-23-17(24)15-8-3-12(20)11-16(15)18(23)25/h3-8,11H,2,9-10H2,1H3,(H2,21,22,26). The van der Waals surface area contributed by atoms with Gasteiger partial charge >= 0.3 is 6.03 Å². The van der Waals surface area contributed by atoms with Crippen LogP contribution in [0.2, 0.25) is 0 Å². The predicted octanol–water partition coefficient (Wildman–Crippen LogP) is 3.27. The van der Waals surface area contributed by atoms with Crippen LogP contribution in [0.1, 0.15) is 27.1 Å². The van der Waals surface area contributed by atoms with Gasteiger partial charge in [-0.1, -0.05) is 15.9 Å². The number of hydrogen-bond acceptors (Lipinski definition) is 4. The Bertz CT molecular complexity index is 883. The van der Waals surface area contributed by atoms with Crippen LogP contribution in [-0.4, -0.2) is 42.9 Å². The number of carbonyl (C=O) groups excluding carboxylic acids is 3. The average molecular weight is 432 g/mol. The van der Waals surface area contributed by atoms with Crippen LogP contribution < -0.4 is 15.4 Å². The quantitative estimate of drug-likeness (QED) is 0.542. The van der Waals surface area contributed by atoms with Crippen LogP contribution in [0.3, 0.4) is 0 Å². The lowest BCUT2D eigenvalue weighted by Crippen LogP contribution is -2.35. The SMILES string of the molecule is COc1ccc(NC(=O)NCCCN2C(=O)c3ccc(Br)cc3C2=O)cc1. The van der Waals surface area contributed by atoms with Crippen LogP contribution in [0.15, 0.2) is 46.9 Å². The van der Waals surface area contributed by atoms with Crippen LogP contribution in [-0.2, 0) is 0 Å². The highest BCUT2D eigenvalue weighted by molar-refractivity contribution is 9.10. The minimum atomic E-state index is -0.355. The summed E-state index contributed by atoms with van der Waals surface area (Å²) in [6, 6.07) is 11.6. The molecule has 0 fully saturated rings. The van der Waals surface area contributed by atoms with E-state index in [0.29, 0.717) is 35.5 Å². The van der Waals surface area contributed by atoms with Gasteiger partial charge in [0.25, 0.3) is 11.8 Å². The van der Waals surface area contributed by atoms with E-state index in [2.05, 4.69) is 26.6 Å². The van der Waals surface area contributed by atoms with E-state index in [1.807, 2.05) is 0 Å². The van der Waals surface area contributed by atoms with Gasteiger partial charge in [-0.15, -0.1) is 0 Å². The van der Waals surface area contributed by atoms with Gasteiger partial charge in [0.1, 0.15) is 5.75 Å². The van der Waals surface area contributed by atoms with E-state index >= 15 is 0 Å². The van der Waals surface area contributed by atoms with Crippen molar-refractivity contribution in [1.82, 2.24) is 10.2 Å². The molecule has 0 saturated carbocycles. The lowest BCUT2D eigenvalue weighted by atomic mass is 10.1. The summed E-state index contributed by atoms with van der Waals surface area (Å²) >= 11 is 3.30. The first kappa shape index (κ1) is 18.9. The summed E-state index contributed by atoms with van der Waals surface area (Å²) in [5, 5.41) is 5.41. The number of benzene rings is 2. The average Bonchev–Trinajstić information content (AvgIpc) is 2.89. The Balaban J connectivity index is 1.45. The molecule has 1 heterocycles. The zero-order chi connectivity index (χ0) is 19.4. The van der Waals surface area contributed by atoms with Crippen molar-refractivity contribution in [2.45, 2.75) is 6.42 Å². The fourth-order valence-corrected chi connectivity index (χ4v) is 3.12. The van der Waals surface area contributed by atoms with Gasteiger partial charge in [-0.3, -0.25) is 14.5 Å². The second-order valence-electron chi connectivity index (χ2n) is 5.91. The van der Waals surface area contributed by atoms with Crippen molar-refractivity contribution in [3.8, 4) is 5.75 Å². The molecule has 8 heteroatoms. The van der Waals surface area contributed by atoms with Crippen LogP contribution in [0.5, 0.6) is 5.75 Å². The second kappa shape index (κ2) is 8.22. The maximum Gasteiger partial charge on any atom is 0.319 e. The van der Waals surface area contributed by atoms with Crippen LogP contribution in [0, 0.1) is 0 Å². The van der Waals surface area contributed by atoms with Gasteiger partial charge in [0.05, 0.1) is 18.2 Å². The van der Waals surface area contributed by atoms with Crippen molar-refractivity contribution in [3.63, 3.8) is 0 Å². The number of methoxy groups -OCH3 is 1. The topological polar surface area (TPSA) is 87.7 Å². The molecule has 2 aromatic carbocycles. The zero-order valence-corrected chi connectivity index (χ0v) is 16.2. The molecule has 4 amide bonds. The molecule has 0 atom stereocenters. The molecule has 0 unspecified atom stereocenters. The predicted molar refractivity (Wildman–Crippen MR) is 104 cm³/mol. The van der Waals surface area contributed by atoms with E-state index in [9.17, 15) is 14.4 Å². The molecular weight excluding hydrogens is 414 g/mol. The minimum Gasteiger partial charge on any atom is -0.497 e. The van der Waals surface area contributed by atoms with E-state index in [-0.39, 0.29) is 24.4 Å². The summed E-state index contributed by atoms with van der Waals surface area (Å²) in [7, 11) is 1.57. The molecule has 7 nitrogen and oxygen atoms in total. The third kappa shape index (κ3) is 4.28. The number of fused-ring (bicyclic) bond motifs is 1. The Morgan fingerprint density at radius 2 is 1.78 bits per heavy atom. The molecule has 0 bridgehead atoms. The number of nitrogens with zero attached hydrogens (tertiary/aromatic N) is 1. The molecule has 2 aromatic rings. The maximum absolute atomic E-state index is 12.4. The first-order valence-corrected chi connectivity index (χ1v) is 9.13. The lowest BCUT2D eigenvalue weighted by Gasteiger charge is -2.14. The summed E-state index contributed by atoms with van der Waals surface area (Å²) in [5.41, 5.74) is 1.45. The summed E-state index contributed by atoms with van der Waals surface area (Å²) in [6.45, 7) is 0.575. The van der Waals surface area contributed by atoms with Crippen molar-refractivity contribution in [2.75, 3.05) is 25.5 Å². The fourth-order valence-electron chi connectivity index (χ4n) is 2.75. The van der Waals surface area contributed by atoms with Crippen LogP contribution in [0.4, 0.5) is 10.5 Å². The van der Waals surface area contributed by atoms with Crippen LogP contribution >= 0.6 is 15.9 Å². The number of ether oxygens (including phenoxy) is 1. The Morgan fingerprint density at radius 1 is 1.07 bits per heavy atom. The molecule has 3 rings (SSSR count). The van der Waals surface area contributed by atoms with Crippen LogP contribution in [0.25, 0.3) is 0 Å². The van der Waals surface area contributed by atoms with Gasteiger partial charge < -0.3 is 15.4 Å².